The van der Waals surface area contributed by atoms with Gasteiger partial charge in [-0.3, -0.25) is 4.79 Å². The molecule has 1 aliphatic rings. The lowest BCUT2D eigenvalue weighted by molar-refractivity contribution is -0.123. The molecule has 0 aromatic rings. The molecule has 0 aromatic carbocycles. The number of hydrogen-bond acceptors (Lipinski definition) is 2. The summed E-state index contributed by atoms with van der Waals surface area (Å²) >= 11 is 0. The van der Waals surface area contributed by atoms with Crippen molar-refractivity contribution < 1.29 is 4.79 Å². The van der Waals surface area contributed by atoms with Crippen LogP contribution in [0, 0.1) is 18.3 Å². The Hall–Kier alpha value is -1.01. The van der Waals surface area contributed by atoms with Crippen LogP contribution >= 0.6 is 0 Å². The van der Waals surface area contributed by atoms with E-state index in [9.17, 15) is 4.79 Å². The fourth-order valence-corrected chi connectivity index (χ4v) is 1.48. The minimum absolute atomic E-state index is 0.138. The molecule has 0 radical (unpaired) electrons. The van der Waals surface area contributed by atoms with Gasteiger partial charge in [0.15, 0.2) is 0 Å². The van der Waals surface area contributed by atoms with E-state index in [-0.39, 0.29) is 11.9 Å². The van der Waals surface area contributed by atoms with Gasteiger partial charge in [-0.2, -0.15) is 0 Å². The summed E-state index contributed by atoms with van der Waals surface area (Å²) in [6, 6.07) is 0.153. The summed E-state index contributed by atoms with van der Waals surface area (Å²) in [6.45, 7) is 3.98. The molecule has 0 bridgehead atoms. The summed E-state index contributed by atoms with van der Waals surface area (Å²) in [4.78, 5) is 11.5. The highest BCUT2D eigenvalue weighted by atomic mass is 16.1. The first-order valence-corrected chi connectivity index (χ1v) is 5.19. The molecule has 1 unspecified atom stereocenters. The summed E-state index contributed by atoms with van der Waals surface area (Å²) in [5.74, 6) is 3.24. The normalized spacial score (nSPS) is 18.0. The monoisotopic (exact) mass is 194 g/mol. The van der Waals surface area contributed by atoms with Crippen LogP contribution in [0.3, 0.4) is 0 Å². The van der Waals surface area contributed by atoms with Crippen LogP contribution in [0.4, 0.5) is 0 Å². The Labute approximate surface area is 85.6 Å². The van der Waals surface area contributed by atoms with Gasteiger partial charge in [-0.05, 0) is 25.4 Å². The third kappa shape index (κ3) is 3.39. The van der Waals surface area contributed by atoms with Gasteiger partial charge in [0.25, 0.3) is 0 Å². The molecule has 0 saturated carbocycles. The van der Waals surface area contributed by atoms with Gasteiger partial charge in [0.1, 0.15) is 0 Å². The summed E-state index contributed by atoms with van der Waals surface area (Å²) in [5, 5.41) is 6.10. The summed E-state index contributed by atoms with van der Waals surface area (Å²) in [5.41, 5.74) is 0. The van der Waals surface area contributed by atoms with Gasteiger partial charge in [-0.15, -0.1) is 12.3 Å². The Kier molecular flexibility index (Phi) is 4.48. The fourth-order valence-electron chi connectivity index (χ4n) is 1.48. The Bertz CT molecular complexity index is 228. The van der Waals surface area contributed by atoms with Crippen LogP contribution < -0.4 is 10.6 Å². The van der Waals surface area contributed by atoms with Crippen molar-refractivity contribution >= 4 is 5.91 Å². The lowest BCUT2D eigenvalue weighted by Gasteiger charge is -2.27. The number of rotatable bonds is 5. The van der Waals surface area contributed by atoms with E-state index in [1.54, 1.807) is 0 Å². The van der Waals surface area contributed by atoms with Crippen LogP contribution in [-0.2, 0) is 4.79 Å². The number of carbonyl (C=O) groups is 1. The maximum Gasteiger partial charge on any atom is 0.220 e. The second-order valence-electron chi connectivity index (χ2n) is 3.81. The number of terminal acetylenes is 1. The summed E-state index contributed by atoms with van der Waals surface area (Å²) in [6.07, 6.45) is 7.37. The molecule has 1 amide bonds. The summed E-state index contributed by atoms with van der Waals surface area (Å²) in [7, 11) is 0. The minimum atomic E-state index is 0.138. The van der Waals surface area contributed by atoms with E-state index >= 15 is 0 Å². The number of hydrogen-bond donors (Lipinski definition) is 2. The van der Waals surface area contributed by atoms with Crippen LogP contribution in [0.5, 0.6) is 0 Å². The van der Waals surface area contributed by atoms with E-state index in [4.69, 9.17) is 6.42 Å². The van der Waals surface area contributed by atoms with Gasteiger partial charge in [-0.25, -0.2) is 0 Å². The van der Waals surface area contributed by atoms with E-state index in [0.29, 0.717) is 18.8 Å². The largest absolute Gasteiger partial charge is 0.352 e. The Morgan fingerprint density at radius 2 is 2.43 bits per heavy atom. The Balaban J connectivity index is 2.20. The molecule has 0 spiro atoms. The SMILES string of the molecule is C#CCC(CC)NC(=O)CC1CNC1. The third-order valence-corrected chi connectivity index (χ3v) is 2.56. The van der Waals surface area contributed by atoms with Crippen molar-refractivity contribution in [3.8, 4) is 12.3 Å². The van der Waals surface area contributed by atoms with Crippen molar-refractivity contribution in [2.24, 2.45) is 5.92 Å². The van der Waals surface area contributed by atoms with Crippen molar-refractivity contribution in [3.05, 3.63) is 0 Å². The first-order chi connectivity index (χ1) is 6.76. The van der Waals surface area contributed by atoms with Crippen LogP contribution in [-0.4, -0.2) is 25.0 Å². The van der Waals surface area contributed by atoms with Crippen LogP contribution in [0.25, 0.3) is 0 Å². The molecular weight excluding hydrogens is 176 g/mol. The third-order valence-electron chi connectivity index (χ3n) is 2.56. The smallest absolute Gasteiger partial charge is 0.220 e. The minimum Gasteiger partial charge on any atom is -0.352 e. The van der Waals surface area contributed by atoms with Gasteiger partial charge >= 0.3 is 0 Å². The quantitative estimate of drug-likeness (QED) is 0.626. The van der Waals surface area contributed by atoms with Gasteiger partial charge in [-0.1, -0.05) is 6.92 Å². The Morgan fingerprint density at radius 3 is 2.86 bits per heavy atom. The highest BCUT2D eigenvalue weighted by Gasteiger charge is 2.20. The first kappa shape index (κ1) is 11.1. The maximum atomic E-state index is 11.5. The van der Waals surface area contributed by atoms with Gasteiger partial charge in [0, 0.05) is 18.9 Å². The van der Waals surface area contributed by atoms with Crippen LogP contribution in [0.15, 0.2) is 0 Å². The first-order valence-electron chi connectivity index (χ1n) is 5.19. The lowest BCUT2D eigenvalue weighted by Crippen LogP contribution is -2.45. The van der Waals surface area contributed by atoms with Crippen molar-refractivity contribution in [1.29, 1.82) is 0 Å². The standard InChI is InChI=1S/C11H18N2O/c1-3-5-10(4-2)13-11(14)6-9-7-12-8-9/h1,9-10,12H,4-8H2,2H3,(H,13,14). The molecule has 14 heavy (non-hydrogen) atoms. The topological polar surface area (TPSA) is 41.1 Å². The molecule has 3 nitrogen and oxygen atoms in total. The highest BCUT2D eigenvalue weighted by Crippen LogP contribution is 2.08. The van der Waals surface area contributed by atoms with E-state index in [1.165, 1.54) is 0 Å². The molecule has 1 saturated heterocycles. The average molecular weight is 194 g/mol. The fraction of sp³-hybridized carbons (Fsp3) is 0.727. The van der Waals surface area contributed by atoms with Gasteiger partial charge in [0.05, 0.1) is 0 Å². The van der Waals surface area contributed by atoms with Crippen LogP contribution in [0.2, 0.25) is 0 Å². The maximum absolute atomic E-state index is 11.5. The van der Waals surface area contributed by atoms with Crippen LogP contribution in [0.1, 0.15) is 26.2 Å². The van der Waals surface area contributed by atoms with E-state index < -0.39 is 0 Å². The Morgan fingerprint density at radius 1 is 1.71 bits per heavy atom. The average Bonchev–Trinajstić information content (AvgIpc) is 2.11. The second kappa shape index (κ2) is 5.66. The number of carbonyl (C=O) groups excluding carboxylic acids is 1. The zero-order valence-electron chi connectivity index (χ0n) is 8.68. The zero-order chi connectivity index (χ0) is 10.4. The molecule has 1 fully saturated rings. The van der Waals surface area contributed by atoms with Crippen molar-refractivity contribution in [1.82, 2.24) is 10.6 Å². The highest BCUT2D eigenvalue weighted by molar-refractivity contribution is 5.76. The summed E-state index contributed by atoms with van der Waals surface area (Å²) < 4.78 is 0. The molecular formula is C11H18N2O. The molecule has 1 atom stereocenters. The second-order valence-corrected chi connectivity index (χ2v) is 3.81. The van der Waals surface area contributed by atoms with Crippen molar-refractivity contribution in [2.45, 2.75) is 32.2 Å². The zero-order valence-corrected chi connectivity index (χ0v) is 8.68. The molecule has 1 heterocycles. The number of nitrogens with one attached hydrogen (secondary N) is 2. The predicted octanol–water partition coefficient (Wildman–Crippen LogP) is 0.514. The lowest BCUT2D eigenvalue weighted by atomic mass is 9.98. The van der Waals surface area contributed by atoms with E-state index in [0.717, 1.165) is 19.5 Å². The van der Waals surface area contributed by atoms with Gasteiger partial charge in [0.2, 0.25) is 5.91 Å². The van der Waals surface area contributed by atoms with E-state index in [1.807, 2.05) is 6.92 Å². The molecule has 1 aliphatic heterocycles. The molecule has 2 N–H and O–H groups in total. The molecule has 1 rings (SSSR count). The molecule has 0 aliphatic carbocycles. The van der Waals surface area contributed by atoms with E-state index in [2.05, 4.69) is 16.6 Å². The predicted molar refractivity (Wildman–Crippen MR) is 56.6 cm³/mol. The number of amides is 1. The van der Waals surface area contributed by atoms with Crippen molar-refractivity contribution in [2.75, 3.05) is 13.1 Å². The van der Waals surface area contributed by atoms with Crippen molar-refractivity contribution in [3.63, 3.8) is 0 Å². The van der Waals surface area contributed by atoms with Gasteiger partial charge < -0.3 is 10.6 Å². The molecule has 3 heteroatoms. The molecule has 78 valence electrons. The molecule has 0 aromatic heterocycles.